The summed E-state index contributed by atoms with van der Waals surface area (Å²) in [7, 11) is -6.26. The second kappa shape index (κ2) is 10.5. The van der Waals surface area contributed by atoms with Crippen LogP contribution in [-0.4, -0.2) is 53.8 Å². The maximum absolute atomic E-state index is 12.9. The highest BCUT2D eigenvalue weighted by atomic mass is 32.2. The van der Waals surface area contributed by atoms with Crippen LogP contribution in [0.1, 0.15) is 43.0 Å². The number of anilines is 1. The third-order valence-corrected chi connectivity index (χ3v) is 8.66. The number of ether oxygens (including phenoxy) is 1. The standard InChI is InChI=1S/C22H29N3O6S2/c1-3-23-22(26)20-16-19(12-13-21(20)31-2)32(27,28)24-17-8-10-18(11-9-17)33(29,30)25-14-6-4-5-7-15-25/h8-13,16,24H,3-7,14-15H2,1-2H3,(H,23,26). The minimum atomic E-state index is -4.03. The van der Waals surface area contributed by atoms with Crippen LogP contribution in [0.4, 0.5) is 5.69 Å². The van der Waals surface area contributed by atoms with E-state index in [1.807, 2.05) is 0 Å². The Balaban J connectivity index is 1.82. The number of carbonyl (C=O) groups is 1. The predicted molar refractivity (Wildman–Crippen MR) is 125 cm³/mol. The van der Waals surface area contributed by atoms with Crippen LogP contribution in [0.15, 0.2) is 52.3 Å². The molecule has 1 aliphatic heterocycles. The van der Waals surface area contributed by atoms with Crippen LogP contribution in [0.2, 0.25) is 0 Å². The van der Waals surface area contributed by atoms with E-state index in [-0.39, 0.29) is 26.8 Å². The van der Waals surface area contributed by atoms with Crippen molar-refractivity contribution < 1.29 is 26.4 Å². The van der Waals surface area contributed by atoms with Crippen LogP contribution in [0.5, 0.6) is 5.75 Å². The summed E-state index contributed by atoms with van der Waals surface area (Å²) in [4.78, 5) is 12.3. The lowest BCUT2D eigenvalue weighted by molar-refractivity contribution is 0.0952. The van der Waals surface area contributed by atoms with E-state index in [2.05, 4.69) is 10.0 Å². The minimum absolute atomic E-state index is 0.0983. The molecule has 1 fully saturated rings. The molecule has 0 radical (unpaired) electrons. The largest absolute Gasteiger partial charge is 0.496 e. The molecule has 0 spiro atoms. The number of sulfonamides is 2. The van der Waals surface area contributed by atoms with Crippen molar-refractivity contribution in [2.45, 2.75) is 42.4 Å². The van der Waals surface area contributed by atoms with Gasteiger partial charge in [-0.15, -0.1) is 0 Å². The van der Waals surface area contributed by atoms with Gasteiger partial charge < -0.3 is 10.1 Å². The smallest absolute Gasteiger partial charge is 0.261 e. The molecule has 3 rings (SSSR count). The monoisotopic (exact) mass is 495 g/mol. The lowest BCUT2D eigenvalue weighted by Crippen LogP contribution is -2.31. The summed E-state index contributed by atoms with van der Waals surface area (Å²) in [6.45, 7) is 3.11. The van der Waals surface area contributed by atoms with E-state index >= 15 is 0 Å². The second-order valence-corrected chi connectivity index (χ2v) is 11.3. The molecule has 0 aromatic heterocycles. The van der Waals surface area contributed by atoms with Gasteiger partial charge in [0, 0.05) is 25.3 Å². The van der Waals surface area contributed by atoms with Crippen molar-refractivity contribution in [3.8, 4) is 5.75 Å². The SMILES string of the molecule is CCNC(=O)c1cc(S(=O)(=O)Nc2ccc(S(=O)(=O)N3CCCCCC3)cc2)ccc1OC. The fourth-order valence-corrected chi connectivity index (χ4v) is 6.23. The number of benzene rings is 2. The summed E-state index contributed by atoms with van der Waals surface area (Å²) in [5.74, 6) is -0.197. The van der Waals surface area contributed by atoms with Crippen LogP contribution in [0.3, 0.4) is 0 Å². The Morgan fingerprint density at radius 3 is 2.12 bits per heavy atom. The van der Waals surface area contributed by atoms with Crippen molar-refractivity contribution in [1.29, 1.82) is 0 Å². The highest BCUT2D eigenvalue weighted by molar-refractivity contribution is 7.92. The maximum Gasteiger partial charge on any atom is 0.261 e. The molecule has 180 valence electrons. The van der Waals surface area contributed by atoms with Crippen LogP contribution in [0, 0.1) is 0 Å². The van der Waals surface area contributed by atoms with Crippen molar-refractivity contribution in [2.24, 2.45) is 0 Å². The number of carbonyl (C=O) groups excluding carboxylic acids is 1. The van der Waals surface area contributed by atoms with Crippen molar-refractivity contribution in [1.82, 2.24) is 9.62 Å². The summed E-state index contributed by atoms with van der Waals surface area (Å²) in [6.07, 6.45) is 3.69. The number of hydrogen-bond donors (Lipinski definition) is 2. The Kier molecular flexibility index (Phi) is 7.98. The molecule has 1 heterocycles. The third kappa shape index (κ3) is 5.84. The van der Waals surface area contributed by atoms with Crippen LogP contribution in [-0.2, 0) is 20.0 Å². The van der Waals surface area contributed by atoms with Crippen molar-refractivity contribution >= 4 is 31.6 Å². The molecule has 1 amide bonds. The fraction of sp³-hybridized carbons (Fsp3) is 0.409. The normalized spacial score (nSPS) is 15.5. The number of amides is 1. The van der Waals surface area contributed by atoms with E-state index in [1.165, 1.54) is 53.9 Å². The number of nitrogens with zero attached hydrogens (tertiary/aromatic N) is 1. The molecule has 2 aromatic rings. The van der Waals surface area contributed by atoms with Gasteiger partial charge in [0.2, 0.25) is 10.0 Å². The van der Waals surface area contributed by atoms with Gasteiger partial charge in [0.25, 0.3) is 15.9 Å². The lowest BCUT2D eigenvalue weighted by Gasteiger charge is -2.20. The van der Waals surface area contributed by atoms with Gasteiger partial charge in [-0.2, -0.15) is 4.31 Å². The molecular weight excluding hydrogens is 466 g/mol. The average Bonchev–Trinajstić information content (AvgIpc) is 3.09. The molecule has 9 nitrogen and oxygen atoms in total. The van der Waals surface area contributed by atoms with Gasteiger partial charge in [0.15, 0.2) is 0 Å². The summed E-state index contributed by atoms with van der Waals surface area (Å²) < 4.78 is 60.7. The predicted octanol–water partition coefficient (Wildman–Crippen LogP) is 2.81. The maximum atomic E-state index is 12.9. The molecule has 0 aliphatic carbocycles. The Bertz CT molecular complexity index is 1190. The topological polar surface area (TPSA) is 122 Å². The molecule has 1 aliphatic rings. The molecule has 0 saturated carbocycles. The molecule has 0 unspecified atom stereocenters. The third-order valence-electron chi connectivity index (χ3n) is 5.37. The summed E-state index contributed by atoms with van der Waals surface area (Å²) >= 11 is 0. The first-order valence-electron chi connectivity index (χ1n) is 10.8. The summed E-state index contributed by atoms with van der Waals surface area (Å²) in [6, 6.07) is 9.60. The van der Waals surface area contributed by atoms with Gasteiger partial charge in [-0.25, -0.2) is 16.8 Å². The van der Waals surface area contributed by atoms with Crippen molar-refractivity contribution in [2.75, 3.05) is 31.5 Å². The summed E-state index contributed by atoms with van der Waals surface area (Å²) in [5, 5.41) is 2.62. The van der Waals surface area contributed by atoms with Gasteiger partial charge in [-0.05, 0) is 62.2 Å². The molecular formula is C22H29N3O6S2. The van der Waals surface area contributed by atoms with Crippen molar-refractivity contribution in [3.63, 3.8) is 0 Å². The fourth-order valence-electron chi connectivity index (χ4n) is 3.63. The highest BCUT2D eigenvalue weighted by Gasteiger charge is 2.25. The Labute approximate surface area is 195 Å². The van der Waals surface area contributed by atoms with Crippen molar-refractivity contribution in [3.05, 3.63) is 48.0 Å². The molecule has 2 N–H and O–H groups in total. The van der Waals surface area contributed by atoms with E-state index < -0.39 is 26.0 Å². The van der Waals surface area contributed by atoms with Crippen LogP contribution < -0.4 is 14.8 Å². The Morgan fingerprint density at radius 2 is 1.55 bits per heavy atom. The first-order chi connectivity index (χ1) is 15.7. The second-order valence-electron chi connectivity index (χ2n) is 7.67. The molecule has 1 saturated heterocycles. The minimum Gasteiger partial charge on any atom is -0.496 e. The van der Waals surface area contributed by atoms with E-state index in [0.29, 0.717) is 19.6 Å². The van der Waals surface area contributed by atoms with E-state index in [1.54, 1.807) is 6.92 Å². The Hall–Kier alpha value is -2.63. The van der Waals surface area contributed by atoms with E-state index in [0.717, 1.165) is 25.7 Å². The van der Waals surface area contributed by atoms with Gasteiger partial charge in [-0.1, -0.05) is 12.8 Å². The highest BCUT2D eigenvalue weighted by Crippen LogP contribution is 2.26. The van der Waals surface area contributed by atoms with Gasteiger partial charge in [0.1, 0.15) is 5.75 Å². The zero-order chi connectivity index (χ0) is 24.1. The molecule has 0 atom stereocenters. The number of hydrogen-bond acceptors (Lipinski definition) is 6. The van der Waals surface area contributed by atoms with E-state index in [4.69, 9.17) is 4.74 Å². The first kappa shape index (κ1) is 25.0. The average molecular weight is 496 g/mol. The Morgan fingerprint density at radius 1 is 0.939 bits per heavy atom. The van der Waals surface area contributed by atoms with Gasteiger partial charge >= 0.3 is 0 Å². The first-order valence-corrected chi connectivity index (χ1v) is 13.7. The quantitative estimate of drug-likeness (QED) is 0.581. The van der Waals surface area contributed by atoms with Gasteiger partial charge in [0.05, 0.1) is 22.5 Å². The molecule has 33 heavy (non-hydrogen) atoms. The molecule has 0 bridgehead atoms. The van der Waals surface area contributed by atoms with Crippen LogP contribution in [0.25, 0.3) is 0 Å². The number of nitrogens with one attached hydrogen (secondary N) is 2. The summed E-state index contributed by atoms with van der Waals surface area (Å²) in [5.41, 5.74) is 0.307. The number of methoxy groups -OCH3 is 1. The zero-order valence-electron chi connectivity index (χ0n) is 18.7. The van der Waals surface area contributed by atoms with Gasteiger partial charge in [-0.3, -0.25) is 9.52 Å². The zero-order valence-corrected chi connectivity index (χ0v) is 20.3. The van der Waals surface area contributed by atoms with Crippen LogP contribution >= 0.6 is 0 Å². The lowest BCUT2D eigenvalue weighted by atomic mass is 10.2. The molecule has 11 heteroatoms. The molecule has 2 aromatic carbocycles. The number of rotatable bonds is 8. The van der Waals surface area contributed by atoms with E-state index in [9.17, 15) is 21.6 Å².